The highest BCUT2D eigenvalue weighted by atomic mass is 16.5. The van der Waals surface area contributed by atoms with Crippen LogP contribution in [-0.4, -0.2) is 65.6 Å². The van der Waals surface area contributed by atoms with Crippen molar-refractivity contribution in [3.05, 3.63) is 30.1 Å². The molecular formula is C20H29N3O2. The number of pyridine rings is 1. The van der Waals surface area contributed by atoms with E-state index in [1.165, 1.54) is 18.4 Å². The summed E-state index contributed by atoms with van der Waals surface area (Å²) in [7, 11) is 0. The number of ether oxygens (including phenoxy) is 1. The van der Waals surface area contributed by atoms with E-state index < -0.39 is 0 Å². The van der Waals surface area contributed by atoms with Crippen molar-refractivity contribution in [3.63, 3.8) is 0 Å². The summed E-state index contributed by atoms with van der Waals surface area (Å²) in [6.07, 6.45) is 9.79. The molecule has 5 rings (SSSR count). The van der Waals surface area contributed by atoms with E-state index in [9.17, 15) is 4.79 Å². The van der Waals surface area contributed by atoms with Crippen LogP contribution >= 0.6 is 0 Å². The summed E-state index contributed by atoms with van der Waals surface area (Å²) in [5.74, 6) is 0.979. The van der Waals surface area contributed by atoms with Crippen molar-refractivity contribution < 1.29 is 9.53 Å². The molecule has 1 aromatic heterocycles. The number of carbonyl (C=O) groups excluding carboxylic acids is 1. The first kappa shape index (κ1) is 17.0. The van der Waals surface area contributed by atoms with Gasteiger partial charge in [-0.1, -0.05) is 0 Å². The van der Waals surface area contributed by atoms with Gasteiger partial charge in [0.15, 0.2) is 0 Å². The van der Waals surface area contributed by atoms with E-state index in [1.54, 1.807) is 12.4 Å². The van der Waals surface area contributed by atoms with Gasteiger partial charge in [-0.25, -0.2) is 0 Å². The third-order valence-corrected chi connectivity index (χ3v) is 6.15. The molecule has 4 aliphatic rings. The molecule has 25 heavy (non-hydrogen) atoms. The minimum absolute atomic E-state index is 0.334. The second-order valence-electron chi connectivity index (χ2n) is 7.80. The van der Waals surface area contributed by atoms with Gasteiger partial charge < -0.3 is 9.64 Å². The summed E-state index contributed by atoms with van der Waals surface area (Å²) in [4.78, 5) is 21.8. The van der Waals surface area contributed by atoms with E-state index in [4.69, 9.17) is 4.74 Å². The van der Waals surface area contributed by atoms with Gasteiger partial charge in [0.2, 0.25) is 5.91 Å². The van der Waals surface area contributed by atoms with Crippen molar-refractivity contribution in [2.45, 2.75) is 50.6 Å². The molecule has 4 aliphatic heterocycles. The molecule has 0 saturated carbocycles. The first-order valence-electron chi connectivity index (χ1n) is 9.80. The Balaban J connectivity index is 1.37. The number of aryl methyl sites for hydroxylation is 1. The van der Waals surface area contributed by atoms with Crippen LogP contribution in [0.25, 0.3) is 0 Å². The molecule has 0 unspecified atom stereocenters. The molecule has 0 aliphatic carbocycles. The molecule has 0 radical (unpaired) electrons. The zero-order valence-electron chi connectivity index (χ0n) is 15.0. The largest absolute Gasteiger partial charge is 0.381 e. The number of piperidine rings is 1. The number of rotatable bonds is 4. The molecule has 1 amide bonds. The molecule has 5 nitrogen and oxygen atoms in total. The fourth-order valence-corrected chi connectivity index (χ4v) is 4.72. The fourth-order valence-electron chi connectivity index (χ4n) is 4.72. The van der Waals surface area contributed by atoms with Crippen LogP contribution in [0.3, 0.4) is 0 Å². The lowest BCUT2D eigenvalue weighted by Crippen LogP contribution is -2.48. The van der Waals surface area contributed by atoms with Crippen LogP contribution < -0.4 is 0 Å². The number of amides is 1. The summed E-state index contributed by atoms with van der Waals surface area (Å²) in [5, 5.41) is 0. The average Bonchev–Trinajstić information content (AvgIpc) is 3.00. The Kier molecular flexibility index (Phi) is 5.32. The Morgan fingerprint density at radius 3 is 2.64 bits per heavy atom. The number of hydrogen-bond acceptors (Lipinski definition) is 4. The molecule has 1 aromatic rings. The molecule has 136 valence electrons. The van der Waals surface area contributed by atoms with Gasteiger partial charge in [-0.3, -0.25) is 14.7 Å². The lowest BCUT2D eigenvalue weighted by Gasteiger charge is -2.37. The third-order valence-electron chi connectivity index (χ3n) is 6.15. The summed E-state index contributed by atoms with van der Waals surface area (Å²) < 4.78 is 5.53. The van der Waals surface area contributed by atoms with Crippen molar-refractivity contribution in [1.29, 1.82) is 0 Å². The van der Waals surface area contributed by atoms with Gasteiger partial charge in [-0.05, 0) is 55.7 Å². The zero-order chi connectivity index (χ0) is 17.1. The average molecular weight is 343 g/mol. The Labute approximate surface area is 150 Å². The second kappa shape index (κ2) is 7.83. The van der Waals surface area contributed by atoms with E-state index >= 15 is 0 Å². The van der Waals surface area contributed by atoms with Crippen LogP contribution in [0.4, 0.5) is 0 Å². The summed E-state index contributed by atoms with van der Waals surface area (Å²) in [5.41, 5.74) is 1.20. The number of aromatic nitrogens is 1. The van der Waals surface area contributed by atoms with Gasteiger partial charge in [0.1, 0.15) is 0 Å². The molecule has 0 aromatic carbocycles. The minimum Gasteiger partial charge on any atom is -0.381 e. The van der Waals surface area contributed by atoms with Crippen molar-refractivity contribution in [2.24, 2.45) is 5.92 Å². The van der Waals surface area contributed by atoms with E-state index in [2.05, 4.69) is 14.8 Å². The number of hydrogen-bond donors (Lipinski definition) is 0. The van der Waals surface area contributed by atoms with Crippen LogP contribution in [0.15, 0.2) is 24.5 Å². The van der Waals surface area contributed by atoms with Crippen molar-refractivity contribution in [3.8, 4) is 0 Å². The maximum atomic E-state index is 12.9. The molecule has 0 N–H and O–H groups in total. The van der Waals surface area contributed by atoms with Gasteiger partial charge >= 0.3 is 0 Å². The summed E-state index contributed by atoms with van der Waals surface area (Å²) in [6, 6.07) is 5.08. The highest BCUT2D eigenvalue weighted by Gasteiger charge is 2.38. The van der Waals surface area contributed by atoms with E-state index in [-0.39, 0.29) is 0 Å². The molecule has 0 spiro atoms. The van der Waals surface area contributed by atoms with Crippen LogP contribution in [0.5, 0.6) is 0 Å². The van der Waals surface area contributed by atoms with Crippen LogP contribution in [0.1, 0.15) is 37.7 Å². The monoisotopic (exact) mass is 343 g/mol. The van der Waals surface area contributed by atoms with Crippen LogP contribution in [0, 0.1) is 5.92 Å². The van der Waals surface area contributed by atoms with Crippen molar-refractivity contribution in [2.75, 3.05) is 32.8 Å². The second-order valence-corrected chi connectivity index (χ2v) is 7.80. The minimum atomic E-state index is 0.334. The number of fused-ring (bicyclic) bond motifs is 4. The Morgan fingerprint density at radius 1 is 1.04 bits per heavy atom. The Bertz CT molecular complexity index is 574. The molecule has 5 heteroatoms. The first-order chi connectivity index (χ1) is 12.3. The lowest BCUT2D eigenvalue weighted by molar-refractivity contribution is -0.135. The summed E-state index contributed by atoms with van der Waals surface area (Å²) >= 11 is 0. The lowest BCUT2D eigenvalue weighted by atomic mass is 9.94. The quantitative estimate of drug-likeness (QED) is 0.840. The predicted molar refractivity (Wildman–Crippen MR) is 96.2 cm³/mol. The zero-order valence-corrected chi connectivity index (χ0v) is 15.0. The SMILES string of the molecule is O=C(CCc1ccncc1)N1C[C@H]2CC[C@@H]1CN(C1CCOCC1)C2. The van der Waals surface area contributed by atoms with Gasteiger partial charge in [0.25, 0.3) is 0 Å². The highest BCUT2D eigenvalue weighted by Crippen LogP contribution is 2.31. The van der Waals surface area contributed by atoms with Gasteiger partial charge in [-0.15, -0.1) is 0 Å². The van der Waals surface area contributed by atoms with Crippen molar-refractivity contribution >= 4 is 5.91 Å². The molecular weight excluding hydrogens is 314 g/mol. The maximum absolute atomic E-state index is 12.9. The number of nitrogens with zero attached hydrogens (tertiary/aromatic N) is 3. The standard InChI is InChI=1S/C20H29N3O2/c24-20(4-2-16-5-9-21-10-6-16)23-14-17-1-3-19(23)15-22(13-17)18-7-11-25-12-8-18/h5-6,9-10,17-19H,1-4,7-8,11-15H2/t17-,19+/m0/s1. The molecule has 2 bridgehead atoms. The molecule has 4 saturated heterocycles. The van der Waals surface area contributed by atoms with Crippen LogP contribution in [0.2, 0.25) is 0 Å². The third kappa shape index (κ3) is 4.04. The van der Waals surface area contributed by atoms with Gasteiger partial charge in [0, 0.05) is 63.7 Å². The smallest absolute Gasteiger partial charge is 0.223 e. The van der Waals surface area contributed by atoms with Gasteiger partial charge in [0.05, 0.1) is 0 Å². The van der Waals surface area contributed by atoms with Crippen LogP contribution in [-0.2, 0) is 16.0 Å². The summed E-state index contributed by atoms with van der Waals surface area (Å²) in [6.45, 7) is 4.97. The topological polar surface area (TPSA) is 45.7 Å². The fraction of sp³-hybridized carbons (Fsp3) is 0.700. The Hall–Kier alpha value is -1.46. The predicted octanol–water partition coefficient (Wildman–Crippen LogP) is 2.12. The van der Waals surface area contributed by atoms with Gasteiger partial charge in [-0.2, -0.15) is 0 Å². The van der Waals surface area contributed by atoms with E-state index in [0.29, 0.717) is 30.3 Å². The molecule has 5 heterocycles. The van der Waals surface area contributed by atoms with E-state index in [0.717, 1.165) is 52.1 Å². The normalized spacial score (nSPS) is 28.1. The van der Waals surface area contributed by atoms with E-state index in [1.807, 2.05) is 12.1 Å². The van der Waals surface area contributed by atoms with Crippen molar-refractivity contribution in [1.82, 2.24) is 14.8 Å². The highest BCUT2D eigenvalue weighted by molar-refractivity contribution is 5.77. The Morgan fingerprint density at radius 2 is 1.84 bits per heavy atom. The molecule has 4 fully saturated rings. The number of carbonyl (C=O) groups is 1. The first-order valence-corrected chi connectivity index (χ1v) is 9.80. The molecule has 2 atom stereocenters. The maximum Gasteiger partial charge on any atom is 0.223 e.